The van der Waals surface area contributed by atoms with E-state index in [1.54, 1.807) is 23.5 Å². The van der Waals surface area contributed by atoms with Crippen LogP contribution in [0.2, 0.25) is 0 Å². The molecule has 3 heterocycles. The van der Waals surface area contributed by atoms with Crippen LogP contribution in [0.3, 0.4) is 0 Å². The van der Waals surface area contributed by atoms with Crippen LogP contribution in [0, 0.1) is 11.3 Å². The zero-order chi connectivity index (χ0) is 31.9. The Bertz CT molecular complexity index is 1950. The number of aryl methyl sites for hydroxylation is 3. The largest absolute Gasteiger partial charge is 0.477 e. The smallest absolute Gasteiger partial charge is 0.349 e. The fourth-order valence-corrected chi connectivity index (χ4v) is 8.10. The molecule has 0 aliphatic carbocycles. The lowest BCUT2D eigenvalue weighted by molar-refractivity contribution is -0.132. The number of carboxylic acid groups (broad SMARTS) is 1. The first-order valence-corrected chi connectivity index (χ1v) is 16.8. The Labute approximate surface area is 269 Å². The molecule has 0 fully saturated rings. The molecule has 2 aromatic carbocycles. The van der Waals surface area contributed by atoms with Gasteiger partial charge in [-0.15, -0.1) is 22.7 Å². The van der Waals surface area contributed by atoms with Gasteiger partial charge in [0.15, 0.2) is 12.3 Å². The molecule has 0 unspecified atom stereocenters. The molecule has 8 nitrogen and oxygen atoms in total. The van der Waals surface area contributed by atoms with Crippen molar-refractivity contribution in [3.63, 3.8) is 0 Å². The van der Waals surface area contributed by atoms with Gasteiger partial charge in [-0.2, -0.15) is 5.26 Å². The molecule has 4 aromatic rings. The maximum Gasteiger partial charge on any atom is 0.349 e. The van der Waals surface area contributed by atoms with Crippen molar-refractivity contribution < 1.29 is 19.4 Å². The number of carbonyl (C=O) groups is 2. The molecule has 0 saturated carbocycles. The van der Waals surface area contributed by atoms with E-state index < -0.39 is 23.8 Å². The highest BCUT2D eigenvalue weighted by Crippen LogP contribution is 2.40. The van der Waals surface area contributed by atoms with Crippen molar-refractivity contribution >= 4 is 58.1 Å². The van der Waals surface area contributed by atoms with E-state index in [2.05, 4.69) is 67.3 Å². The number of rotatable bonds is 12. The fraction of sp³-hybridized carbons (Fsp3) is 0.314. The molecule has 1 aliphatic rings. The number of aliphatic carboxylic acids is 1. The highest BCUT2D eigenvalue weighted by atomic mass is 32.1. The number of nitriles is 1. The Balaban J connectivity index is 1.61. The number of para-hydroxylation sites is 1. The Hall–Kier alpha value is -4.46. The molecule has 0 spiro atoms. The first-order valence-electron chi connectivity index (χ1n) is 15.2. The van der Waals surface area contributed by atoms with Gasteiger partial charge in [0.25, 0.3) is 12.0 Å². The van der Waals surface area contributed by atoms with E-state index in [0.717, 1.165) is 88.3 Å². The SMILES string of the molecule is CCCCCCc1cc(-c2ccc3c(c2)CCc2ccccc2N3CC)sc1/C=c1/s/c(=C(\C#N)C(=O)O)n(COC=O)c1=O. The first-order chi connectivity index (χ1) is 21.9. The maximum atomic E-state index is 13.4. The van der Waals surface area contributed by atoms with Crippen LogP contribution in [-0.2, 0) is 40.3 Å². The van der Waals surface area contributed by atoms with Gasteiger partial charge in [-0.05, 0) is 85.2 Å². The molecular weight excluding hydrogens is 607 g/mol. The number of unbranched alkanes of at least 4 members (excludes halogenated alkanes) is 3. The number of hydrogen-bond donors (Lipinski definition) is 1. The van der Waals surface area contributed by atoms with Gasteiger partial charge in [-0.1, -0.05) is 50.5 Å². The van der Waals surface area contributed by atoms with E-state index in [4.69, 9.17) is 4.74 Å². The second-order valence-corrected chi connectivity index (χ2v) is 13.0. The van der Waals surface area contributed by atoms with Gasteiger partial charge in [0, 0.05) is 27.7 Å². The van der Waals surface area contributed by atoms with Crippen LogP contribution in [0.15, 0.2) is 53.3 Å². The second kappa shape index (κ2) is 14.5. The van der Waals surface area contributed by atoms with E-state index >= 15 is 0 Å². The predicted octanol–water partition coefficient (Wildman–Crippen LogP) is 5.74. The van der Waals surface area contributed by atoms with Gasteiger partial charge in [-0.3, -0.25) is 14.2 Å². The predicted molar refractivity (Wildman–Crippen MR) is 179 cm³/mol. The third kappa shape index (κ3) is 6.80. The van der Waals surface area contributed by atoms with Gasteiger partial charge in [0.2, 0.25) is 0 Å². The zero-order valence-corrected chi connectivity index (χ0v) is 27.0. The van der Waals surface area contributed by atoms with E-state index in [9.17, 15) is 24.8 Å². The molecule has 0 saturated heterocycles. The molecule has 45 heavy (non-hydrogen) atoms. The lowest BCUT2D eigenvalue weighted by Crippen LogP contribution is -2.33. The molecule has 0 radical (unpaired) electrons. The summed E-state index contributed by atoms with van der Waals surface area (Å²) in [6.45, 7) is 4.93. The summed E-state index contributed by atoms with van der Waals surface area (Å²) in [4.78, 5) is 40.4. The Kier molecular flexibility index (Phi) is 10.3. The van der Waals surface area contributed by atoms with E-state index in [1.807, 2.05) is 0 Å². The van der Waals surface area contributed by atoms with Gasteiger partial charge < -0.3 is 14.7 Å². The highest BCUT2D eigenvalue weighted by molar-refractivity contribution is 7.16. The van der Waals surface area contributed by atoms with Crippen molar-refractivity contribution in [1.29, 1.82) is 5.26 Å². The van der Waals surface area contributed by atoms with Gasteiger partial charge in [0.1, 0.15) is 10.7 Å². The van der Waals surface area contributed by atoms with E-state index in [-0.39, 0.29) is 15.7 Å². The summed E-state index contributed by atoms with van der Waals surface area (Å²) in [6, 6.07) is 19.1. The summed E-state index contributed by atoms with van der Waals surface area (Å²) < 4.78 is 6.03. The summed E-state index contributed by atoms with van der Waals surface area (Å²) in [5.74, 6) is -1.45. The van der Waals surface area contributed by atoms with Crippen LogP contribution in [0.5, 0.6) is 0 Å². The lowest BCUT2D eigenvalue weighted by Gasteiger charge is -2.25. The number of carbonyl (C=O) groups excluding carboxylic acids is 1. The number of hydrogen-bond acceptors (Lipinski definition) is 8. The number of aromatic nitrogens is 1. The minimum Gasteiger partial charge on any atom is -0.477 e. The summed E-state index contributed by atoms with van der Waals surface area (Å²) in [5.41, 5.74) is 6.27. The Morgan fingerprint density at radius 1 is 1.04 bits per heavy atom. The molecule has 0 amide bonds. The molecule has 0 bridgehead atoms. The van der Waals surface area contributed by atoms with E-state index in [1.165, 1.54) is 22.5 Å². The van der Waals surface area contributed by atoms with Crippen molar-refractivity contribution in [3.05, 3.63) is 89.6 Å². The average molecular weight is 642 g/mol. The average Bonchev–Trinajstić information content (AvgIpc) is 3.52. The van der Waals surface area contributed by atoms with Crippen molar-refractivity contribution in [2.24, 2.45) is 0 Å². The van der Waals surface area contributed by atoms with Gasteiger partial charge in [-0.25, -0.2) is 4.79 Å². The quantitative estimate of drug-likeness (QED) is 0.155. The number of anilines is 2. The summed E-state index contributed by atoms with van der Waals surface area (Å²) in [7, 11) is 0. The van der Waals surface area contributed by atoms with Gasteiger partial charge >= 0.3 is 5.97 Å². The minimum absolute atomic E-state index is 0.0587. The second-order valence-electron chi connectivity index (χ2n) is 10.9. The normalized spacial score (nSPS) is 13.4. The fourth-order valence-electron chi connectivity index (χ4n) is 5.81. The van der Waals surface area contributed by atoms with Crippen molar-refractivity contribution in [2.75, 3.05) is 11.4 Å². The van der Waals surface area contributed by atoms with Crippen LogP contribution in [0.1, 0.15) is 61.1 Å². The Morgan fingerprint density at radius 2 is 1.82 bits per heavy atom. The van der Waals surface area contributed by atoms with Crippen LogP contribution in [0.25, 0.3) is 22.1 Å². The number of carboxylic acids is 1. The number of nitrogens with zero attached hydrogens (tertiary/aromatic N) is 3. The van der Waals surface area contributed by atoms with Crippen molar-refractivity contribution in [1.82, 2.24) is 4.57 Å². The van der Waals surface area contributed by atoms with Crippen LogP contribution in [-0.4, -0.2) is 28.7 Å². The molecule has 232 valence electrons. The molecule has 1 aliphatic heterocycles. The molecule has 0 atom stereocenters. The first kappa shape index (κ1) is 31.9. The lowest BCUT2D eigenvalue weighted by atomic mass is 10.0. The monoisotopic (exact) mass is 641 g/mol. The highest BCUT2D eigenvalue weighted by Gasteiger charge is 2.21. The van der Waals surface area contributed by atoms with Crippen LogP contribution < -0.4 is 19.7 Å². The molecular formula is C35H35N3O5S2. The summed E-state index contributed by atoms with van der Waals surface area (Å²) >= 11 is 2.51. The third-order valence-corrected chi connectivity index (χ3v) is 10.3. The molecule has 2 aromatic heterocycles. The maximum absolute atomic E-state index is 13.4. The zero-order valence-electron chi connectivity index (χ0n) is 25.4. The summed E-state index contributed by atoms with van der Waals surface area (Å²) in [5, 5.41) is 19.1. The van der Waals surface area contributed by atoms with E-state index in [0.29, 0.717) is 0 Å². The number of thiazole rings is 1. The number of thiophene rings is 1. The Morgan fingerprint density at radius 3 is 2.56 bits per heavy atom. The molecule has 1 N–H and O–H groups in total. The van der Waals surface area contributed by atoms with Gasteiger partial charge in [0.05, 0.1) is 4.53 Å². The number of fused-ring (bicyclic) bond motifs is 2. The summed E-state index contributed by atoms with van der Waals surface area (Å²) in [6.07, 6.45) is 8.92. The van der Waals surface area contributed by atoms with Crippen molar-refractivity contribution in [2.45, 2.75) is 65.5 Å². The standard InChI is InChI=1S/C35H35N3O5S2/c1-3-5-6-7-11-25-18-30(26-15-16-29-24(17-26)14-13-23-10-8-9-12-28(23)37(29)4-2)44-31(25)19-32-33(40)38(21-43-22-39)34(45-32)27(20-36)35(41)42/h8-10,12,15-19,22H,3-7,11,13-14,21H2,1-2H3,(H,41,42)/b32-19+,34-27+. The molecule has 5 rings (SSSR count). The number of ether oxygens (including phenoxy) is 1. The van der Waals surface area contributed by atoms with Crippen LogP contribution in [0.4, 0.5) is 11.4 Å². The molecule has 10 heteroatoms. The van der Waals surface area contributed by atoms with Crippen LogP contribution >= 0.6 is 22.7 Å². The minimum atomic E-state index is -1.45. The third-order valence-electron chi connectivity index (χ3n) is 8.04. The van der Waals surface area contributed by atoms with Crippen molar-refractivity contribution in [3.8, 4) is 16.5 Å². The number of benzene rings is 2. The topological polar surface area (TPSA) is 113 Å².